The number of rotatable bonds is 3. The number of aryl methyl sites for hydroxylation is 2. The van der Waals surface area contributed by atoms with Crippen LogP contribution in [0.25, 0.3) is 5.76 Å². The molecule has 6 nitrogen and oxygen atoms in total. The zero-order valence-electron chi connectivity index (χ0n) is 16.0. The van der Waals surface area contributed by atoms with Crippen molar-refractivity contribution < 1.29 is 19.2 Å². The molecule has 0 bridgehead atoms. The fraction of sp³-hybridized carbons (Fsp3) is 0.136. The lowest BCUT2D eigenvalue weighted by molar-refractivity contribution is -0.132. The van der Waals surface area contributed by atoms with E-state index < -0.39 is 17.7 Å². The van der Waals surface area contributed by atoms with Crippen LogP contribution in [0.2, 0.25) is 10.0 Å². The van der Waals surface area contributed by atoms with Crippen LogP contribution in [0, 0.1) is 13.8 Å². The molecule has 1 aromatic heterocycles. The predicted molar refractivity (Wildman–Crippen MR) is 114 cm³/mol. The van der Waals surface area contributed by atoms with Gasteiger partial charge in [-0.25, -0.2) is 0 Å². The third kappa shape index (κ3) is 3.38. The first kappa shape index (κ1) is 20.2. The van der Waals surface area contributed by atoms with E-state index in [1.54, 1.807) is 55.5 Å². The van der Waals surface area contributed by atoms with Gasteiger partial charge in [0.05, 0.1) is 21.7 Å². The van der Waals surface area contributed by atoms with Gasteiger partial charge in [0.1, 0.15) is 11.5 Å². The summed E-state index contributed by atoms with van der Waals surface area (Å²) in [7, 11) is 0. The van der Waals surface area contributed by atoms with Crippen molar-refractivity contribution in [3.63, 3.8) is 0 Å². The molecule has 3 aromatic rings. The van der Waals surface area contributed by atoms with Gasteiger partial charge in [-0.15, -0.1) is 0 Å². The Balaban J connectivity index is 1.96. The summed E-state index contributed by atoms with van der Waals surface area (Å²) < 4.78 is 5.10. The van der Waals surface area contributed by atoms with Crippen molar-refractivity contribution in [3.05, 3.63) is 86.6 Å². The average molecular weight is 443 g/mol. The number of aromatic nitrogens is 1. The first-order valence-corrected chi connectivity index (χ1v) is 9.80. The number of benzene rings is 2. The van der Waals surface area contributed by atoms with Crippen molar-refractivity contribution in [2.45, 2.75) is 19.9 Å². The standard InChI is InChI=1S/C22H16Cl2N2O4/c1-11-3-5-13(6-4-11)20(27)18-19(14-7-8-15(23)16(24)10-14)26(22(29)21(18)28)17-9-12(2)30-25-17/h3-10,19,27H,1-2H3/b20-18+/t19-/m0/s1. The Labute approximate surface area is 182 Å². The summed E-state index contributed by atoms with van der Waals surface area (Å²) >= 11 is 12.2. The minimum atomic E-state index is -0.953. The molecule has 8 heteroatoms. The summed E-state index contributed by atoms with van der Waals surface area (Å²) in [6.45, 7) is 3.58. The van der Waals surface area contributed by atoms with Crippen molar-refractivity contribution in [3.8, 4) is 0 Å². The highest BCUT2D eigenvalue weighted by Gasteiger charge is 2.48. The molecule has 0 radical (unpaired) electrons. The maximum absolute atomic E-state index is 13.0. The van der Waals surface area contributed by atoms with Crippen LogP contribution in [0.4, 0.5) is 5.82 Å². The summed E-state index contributed by atoms with van der Waals surface area (Å²) in [5.41, 5.74) is 1.84. The zero-order chi connectivity index (χ0) is 21.6. The Morgan fingerprint density at radius 3 is 2.33 bits per heavy atom. The van der Waals surface area contributed by atoms with E-state index >= 15 is 0 Å². The van der Waals surface area contributed by atoms with Crippen LogP contribution in [0.15, 0.2) is 58.6 Å². The van der Waals surface area contributed by atoms with E-state index in [2.05, 4.69) is 5.16 Å². The second-order valence-corrected chi connectivity index (χ2v) is 7.82. The molecule has 2 heterocycles. The van der Waals surface area contributed by atoms with Crippen LogP contribution in [-0.2, 0) is 9.59 Å². The highest BCUT2D eigenvalue weighted by atomic mass is 35.5. The van der Waals surface area contributed by atoms with E-state index in [9.17, 15) is 14.7 Å². The molecule has 30 heavy (non-hydrogen) atoms. The molecule has 0 spiro atoms. The molecule has 1 aliphatic rings. The Morgan fingerprint density at radius 1 is 1.03 bits per heavy atom. The van der Waals surface area contributed by atoms with Gasteiger partial charge in [-0.05, 0) is 31.5 Å². The number of halogens is 2. The smallest absolute Gasteiger partial charge is 0.301 e. The number of Topliss-reactive ketones (excluding diaryl/α,β-unsaturated/α-hetero) is 1. The van der Waals surface area contributed by atoms with Gasteiger partial charge in [0, 0.05) is 11.6 Å². The van der Waals surface area contributed by atoms with Gasteiger partial charge in [-0.3, -0.25) is 14.5 Å². The number of amides is 1. The van der Waals surface area contributed by atoms with Crippen LogP contribution < -0.4 is 4.90 Å². The largest absolute Gasteiger partial charge is 0.507 e. The first-order valence-electron chi connectivity index (χ1n) is 9.04. The van der Waals surface area contributed by atoms with Crippen LogP contribution in [-0.4, -0.2) is 22.0 Å². The summed E-state index contributed by atoms with van der Waals surface area (Å²) in [5.74, 6) is -1.31. The molecule has 1 amide bonds. The van der Waals surface area contributed by atoms with Gasteiger partial charge < -0.3 is 9.63 Å². The number of anilines is 1. The molecule has 1 saturated heterocycles. The molecule has 4 rings (SSSR count). The summed E-state index contributed by atoms with van der Waals surface area (Å²) in [4.78, 5) is 27.1. The normalized spacial score (nSPS) is 18.3. The molecule has 1 fully saturated rings. The van der Waals surface area contributed by atoms with Crippen molar-refractivity contribution >= 4 is 46.5 Å². The fourth-order valence-electron chi connectivity index (χ4n) is 3.40. The molecule has 1 N–H and O–H groups in total. The molecular weight excluding hydrogens is 427 g/mol. The quantitative estimate of drug-likeness (QED) is 0.341. The maximum Gasteiger partial charge on any atom is 0.301 e. The SMILES string of the molecule is Cc1ccc(/C(O)=C2\C(=O)C(=O)N(c3cc(C)on3)[C@H]2c2ccc(Cl)c(Cl)c2)cc1. The molecule has 2 aromatic carbocycles. The minimum absolute atomic E-state index is 0.0668. The third-order valence-electron chi connectivity index (χ3n) is 4.89. The van der Waals surface area contributed by atoms with E-state index in [-0.39, 0.29) is 22.2 Å². The third-order valence-corrected chi connectivity index (χ3v) is 5.63. The molecule has 1 atom stereocenters. The number of carbonyl (C=O) groups excluding carboxylic acids is 2. The fourth-order valence-corrected chi connectivity index (χ4v) is 3.71. The van der Waals surface area contributed by atoms with Crippen LogP contribution in [0.5, 0.6) is 0 Å². The highest BCUT2D eigenvalue weighted by molar-refractivity contribution is 6.51. The lowest BCUT2D eigenvalue weighted by Gasteiger charge is -2.23. The summed E-state index contributed by atoms with van der Waals surface area (Å²) in [6.07, 6.45) is 0. The number of hydrogen-bond donors (Lipinski definition) is 1. The first-order chi connectivity index (χ1) is 14.3. The Morgan fingerprint density at radius 2 is 1.73 bits per heavy atom. The van der Waals surface area contributed by atoms with Crippen molar-refractivity contribution in [1.82, 2.24) is 5.16 Å². The topological polar surface area (TPSA) is 83.6 Å². The number of aliphatic hydroxyl groups is 1. The molecule has 0 saturated carbocycles. The summed E-state index contributed by atoms with van der Waals surface area (Å²) in [5, 5.41) is 15.5. The van der Waals surface area contributed by atoms with Crippen molar-refractivity contribution in [1.29, 1.82) is 0 Å². The number of ketones is 1. The van der Waals surface area contributed by atoms with Crippen molar-refractivity contribution in [2.24, 2.45) is 0 Å². The lowest BCUT2D eigenvalue weighted by atomic mass is 9.95. The number of nitrogens with zero attached hydrogens (tertiary/aromatic N) is 2. The van der Waals surface area contributed by atoms with E-state index in [1.807, 2.05) is 6.92 Å². The highest BCUT2D eigenvalue weighted by Crippen LogP contribution is 2.43. The van der Waals surface area contributed by atoms with Crippen molar-refractivity contribution in [2.75, 3.05) is 4.90 Å². The molecule has 1 aliphatic heterocycles. The molecule has 0 aliphatic carbocycles. The number of aliphatic hydroxyl groups excluding tert-OH is 1. The number of hydrogen-bond acceptors (Lipinski definition) is 5. The average Bonchev–Trinajstić information content (AvgIpc) is 3.25. The monoisotopic (exact) mass is 442 g/mol. The van der Waals surface area contributed by atoms with E-state index in [0.717, 1.165) is 5.56 Å². The Hall–Kier alpha value is -3.09. The van der Waals surface area contributed by atoms with Gasteiger partial charge in [-0.2, -0.15) is 0 Å². The zero-order valence-corrected chi connectivity index (χ0v) is 17.5. The second kappa shape index (κ2) is 7.63. The van der Waals surface area contributed by atoms with Crippen LogP contribution >= 0.6 is 23.2 Å². The molecule has 0 unspecified atom stereocenters. The predicted octanol–water partition coefficient (Wildman–Crippen LogP) is 5.22. The van der Waals surface area contributed by atoms with Gasteiger partial charge in [0.2, 0.25) is 0 Å². The maximum atomic E-state index is 13.0. The molecular formula is C22H16Cl2N2O4. The van der Waals surface area contributed by atoms with Gasteiger partial charge in [-0.1, -0.05) is 64.3 Å². The van der Waals surface area contributed by atoms with Crippen LogP contribution in [0.1, 0.15) is 28.5 Å². The molecule has 152 valence electrons. The van der Waals surface area contributed by atoms with Crippen LogP contribution in [0.3, 0.4) is 0 Å². The van der Waals surface area contributed by atoms with E-state index in [0.29, 0.717) is 21.9 Å². The summed E-state index contributed by atoms with van der Waals surface area (Å²) in [6, 6.07) is 12.3. The van der Waals surface area contributed by atoms with Gasteiger partial charge in [0.15, 0.2) is 5.82 Å². The van der Waals surface area contributed by atoms with E-state index in [4.69, 9.17) is 27.7 Å². The number of carbonyl (C=O) groups is 2. The van der Waals surface area contributed by atoms with E-state index in [1.165, 1.54) is 4.90 Å². The second-order valence-electron chi connectivity index (χ2n) is 7.00. The lowest BCUT2D eigenvalue weighted by Crippen LogP contribution is -2.29. The van der Waals surface area contributed by atoms with Gasteiger partial charge >= 0.3 is 5.91 Å². The Bertz CT molecular complexity index is 1200. The van der Waals surface area contributed by atoms with Gasteiger partial charge in [0.25, 0.3) is 5.78 Å². The minimum Gasteiger partial charge on any atom is -0.507 e. The Kier molecular flexibility index (Phi) is 5.13.